The number of aromatic hydroxyl groups is 1. The Kier molecular flexibility index (Phi) is 5.31. The van der Waals surface area contributed by atoms with Gasteiger partial charge in [0.1, 0.15) is 5.75 Å². The lowest BCUT2D eigenvalue weighted by Gasteiger charge is -2.30. The zero-order valence-electron chi connectivity index (χ0n) is 21.9. The third-order valence-electron chi connectivity index (χ3n) is 7.93. The number of rotatable bonds is 6. The van der Waals surface area contributed by atoms with E-state index < -0.39 is 0 Å². The molecule has 0 aliphatic carbocycles. The zero-order chi connectivity index (χ0) is 26.2. The molecule has 2 amide bonds. The standard InChI is InChI=1S/C30H32N4O3/c1-16(2)33(17(3)4)13-8-14-34-22-10-7-6-9-19(22)23-25-26(30(37)31-29(25)36)24-20-15-18(35)11-12-21(20)32(5)27(24)28(23)34/h6-7,9-12,15-17,35H,8,13-14H2,1-5H3,(H,31,36,37). The second kappa shape index (κ2) is 8.35. The SMILES string of the molecule is CC(C)N(CCCn1c2ccccc2c2c3c(c4c5cc(O)ccc5n(C)c4c21)C(=O)NC3=O)C(C)C. The summed E-state index contributed by atoms with van der Waals surface area (Å²) in [4.78, 5) is 28.9. The lowest BCUT2D eigenvalue weighted by molar-refractivity contribution is 0.0880. The van der Waals surface area contributed by atoms with E-state index in [2.05, 4.69) is 53.1 Å². The highest BCUT2D eigenvalue weighted by Crippen LogP contribution is 2.45. The van der Waals surface area contributed by atoms with Gasteiger partial charge in [-0.15, -0.1) is 0 Å². The van der Waals surface area contributed by atoms with Gasteiger partial charge in [0.15, 0.2) is 0 Å². The predicted molar refractivity (Wildman–Crippen MR) is 148 cm³/mol. The van der Waals surface area contributed by atoms with E-state index in [1.54, 1.807) is 12.1 Å². The number of hydrogen-bond acceptors (Lipinski definition) is 4. The molecule has 0 unspecified atom stereocenters. The average Bonchev–Trinajstić information content (AvgIpc) is 3.43. The first-order chi connectivity index (χ1) is 17.7. The minimum Gasteiger partial charge on any atom is -0.508 e. The van der Waals surface area contributed by atoms with Crippen molar-refractivity contribution in [2.45, 2.75) is 52.7 Å². The third-order valence-corrected chi connectivity index (χ3v) is 7.93. The van der Waals surface area contributed by atoms with Crippen LogP contribution in [0.5, 0.6) is 5.75 Å². The quantitative estimate of drug-likeness (QED) is 0.303. The first-order valence-electron chi connectivity index (χ1n) is 13.0. The van der Waals surface area contributed by atoms with Crippen molar-refractivity contribution in [3.05, 3.63) is 53.6 Å². The summed E-state index contributed by atoms with van der Waals surface area (Å²) in [5.74, 6) is -0.622. The van der Waals surface area contributed by atoms with E-state index in [-0.39, 0.29) is 17.6 Å². The van der Waals surface area contributed by atoms with Crippen LogP contribution in [0, 0.1) is 0 Å². The average molecular weight is 497 g/mol. The highest BCUT2D eigenvalue weighted by Gasteiger charge is 2.36. The lowest BCUT2D eigenvalue weighted by Crippen LogP contribution is -2.38. The Labute approximate surface area is 215 Å². The van der Waals surface area contributed by atoms with Crippen LogP contribution in [0.15, 0.2) is 42.5 Å². The summed E-state index contributed by atoms with van der Waals surface area (Å²) >= 11 is 0. The third kappa shape index (κ3) is 3.30. The first kappa shape index (κ1) is 23.6. The van der Waals surface area contributed by atoms with E-state index in [0.717, 1.165) is 57.7 Å². The van der Waals surface area contributed by atoms with Crippen LogP contribution in [0.25, 0.3) is 43.6 Å². The van der Waals surface area contributed by atoms with Gasteiger partial charge in [0.2, 0.25) is 0 Å². The second-order valence-electron chi connectivity index (χ2n) is 10.7. The molecule has 0 saturated heterocycles. The maximum absolute atomic E-state index is 13.2. The number of nitrogens with zero attached hydrogens (tertiary/aromatic N) is 3. The number of para-hydroxylation sites is 1. The van der Waals surface area contributed by atoms with Crippen molar-refractivity contribution in [1.82, 2.24) is 19.4 Å². The topological polar surface area (TPSA) is 79.5 Å². The fourth-order valence-corrected chi connectivity index (χ4v) is 6.45. The van der Waals surface area contributed by atoms with Gasteiger partial charge in [0.25, 0.3) is 11.8 Å². The van der Waals surface area contributed by atoms with Crippen LogP contribution in [0.1, 0.15) is 54.8 Å². The number of amides is 2. The summed E-state index contributed by atoms with van der Waals surface area (Å²) in [6.07, 6.45) is 0.943. The molecule has 0 radical (unpaired) electrons. The number of phenolic OH excluding ortho intramolecular Hbond substituents is 1. The molecule has 0 saturated carbocycles. The van der Waals surface area contributed by atoms with E-state index >= 15 is 0 Å². The Balaban J connectivity index is 1.71. The molecule has 3 heterocycles. The highest BCUT2D eigenvalue weighted by atomic mass is 16.3. The van der Waals surface area contributed by atoms with Gasteiger partial charge in [-0.25, -0.2) is 0 Å². The minimum atomic E-state index is -0.385. The largest absolute Gasteiger partial charge is 0.508 e. The molecule has 1 aliphatic heterocycles. The van der Waals surface area contributed by atoms with Crippen LogP contribution >= 0.6 is 0 Å². The van der Waals surface area contributed by atoms with E-state index in [1.165, 1.54) is 0 Å². The van der Waals surface area contributed by atoms with Crippen molar-refractivity contribution < 1.29 is 14.7 Å². The zero-order valence-corrected chi connectivity index (χ0v) is 21.9. The summed E-state index contributed by atoms with van der Waals surface area (Å²) in [5, 5.41) is 16.1. The van der Waals surface area contributed by atoms with Crippen LogP contribution in [-0.2, 0) is 13.6 Å². The van der Waals surface area contributed by atoms with Gasteiger partial charge < -0.3 is 14.2 Å². The fourth-order valence-electron chi connectivity index (χ4n) is 6.45. The van der Waals surface area contributed by atoms with Crippen LogP contribution in [0.4, 0.5) is 0 Å². The van der Waals surface area contributed by atoms with Crippen LogP contribution in [0.3, 0.4) is 0 Å². The molecule has 37 heavy (non-hydrogen) atoms. The van der Waals surface area contributed by atoms with Crippen molar-refractivity contribution in [3.63, 3.8) is 0 Å². The number of phenols is 1. The van der Waals surface area contributed by atoms with Gasteiger partial charge in [-0.2, -0.15) is 0 Å². The van der Waals surface area contributed by atoms with Gasteiger partial charge >= 0.3 is 0 Å². The van der Waals surface area contributed by atoms with Crippen LogP contribution in [0.2, 0.25) is 0 Å². The monoisotopic (exact) mass is 496 g/mol. The molecule has 190 valence electrons. The lowest BCUT2D eigenvalue weighted by atomic mass is 9.96. The van der Waals surface area contributed by atoms with Gasteiger partial charge in [0.05, 0.1) is 22.2 Å². The minimum absolute atomic E-state index is 0.126. The summed E-state index contributed by atoms with van der Waals surface area (Å²) in [6, 6.07) is 14.3. The van der Waals surface area contributed by atoms with Crippen molar-refractivity contribution in [3.8, 4) is 5.75 Å². The van der Waals surface area contributed by atoms with Crippen molar-refractivity contribution in [2.75, 3.05) is 6.54 Å². The number of carbonyl (C=O) groups excluding carboxylic acids is 2. The van der Waals surface area contributed by atoms with Crippen LogP contribution in [-0.4, -0.2) is 49.6 Å². The molecule has 0 atom stereocenters. The molecular weight excluding hydrogens is 464 g/mol. The van der Waals surface area contributed by atoms with Crippen molar-refractivity contribution in [2.24, 2.45) is 7.05 Å². The van der Waals surface area contributed by atoms with Crippen molar-refractivity contribution >= 4 is 55.4 Å². The van der Waals surface area contributed by atoms with Gasteiger partial charge in [-0.3, -0.25) is 19.8 Å². The Bertz CT molecular complexity index is 1750. The molecule has 7 nitrogen and oxygen atoms in total. The van der Waals surface area contributed by atoms with Gasteiger partial charge in [0, 0.05) is 64.8 Å². The molecule has 0 bridgehead atoms. The molecule has 0 fully saturated rings. The normalized spacial score (nSPS) is 13.9. The Hall–Kier alpha value is -3.84. The number of carbonyl (C=O) groups is 2. The number of nitrogens with one attached hydrogen (secondary N) is 1. The number of hydrogen-bond donors (Lipinski definition) is 2. The molecule has 3 aromatic carbocycles. The Morgan fingerprint density at radius 1 is 0.865 bits per heavy atom. The van der Waals surface area contributed by atoms with Gasteiger partial charge in [-0.1, -0.05) is 18.2 Å². The number of imide groups is 1. The summed E-state index contributed by atoms with van der Waals surface area (Å²) < 4.78 is 4.41. The van der Waals surface area contributed by atoms with E-state index in [1.807, 2.05) is 31.3 Å². The highest BCUT2D eigenvalue weighted by molar-refractivity contribution is 6.39. The van der Waals surface area contributed by atoms with E-state index in [0.29, 0.717) is 28.6 Å². The molecular formula is C30H32N4O3. The molecule has 2 N–H and O–H groups in total. The summed E-state index contributed by atoms with van der Waals surface area (Å²) in [5.41, 5.74) is 4.64. The Morgan fingerprint density at radius 2 is 1.51 bits per heavy atom. The summed E-state index contributed by atoms with van der Waals surface area (Å²) in [6.45, 7) is 10.7. The maximum atomic E-state index is 13.2. The number of benzene rings is 3. The molecule has 6 rings (SSSR count). The van der Waals surface area contributed by atoms with Crippen molar-refractivity contribution in [1.29, 1.82) is 0 Å². The second-order valence-corrected chi connectivity index (χ2v) is 10.7. The molecule has 2 aromatic heterocycles. The van der Waals surface area contributed by atoms with E-state index in [4.69, 9.17) is 0 Å². The molecule has 0 spiro atoms. The number of aryl methyl sites for hydroxylation is 2. The van der Waals surface area contributed by atoms with E-state index in [9.17, 15) is 14.7 Å². The molecule has 5 aromatic rings. The smallest absolute Gasteiger partial charge is 0.259 e. The predicted octanol–water partition coefficient (Wildman–Crippen LogP) is 5.54. The molecule has 7 heteroatoms. The fraction of sp³-hybridized carbons (Fsp3) is 0.333. The summed E-state index contributed by atoms with van der Waals surface area (Å²) in [7, 11) is 1.99. The molecule has 1 aliphatic rings. The number of aromatic nitrogens is 2. The first-order valence-corrected chi connectivity index (χ1v) is 13.0. The van der Waals surface area contributed by atoms with Gasteiger partial charge in [-0.05, 0) is 58.4 Å². The maximum Gasteiger partial charge on any atom is 0.259 e. The Morgan fingerprint density at radius 3 is 2.19 bits per heavy atom. The van der Waals surface area contributed by atoms with Crippen LogP contribution < -0.4 is 5.32 Å². The number of fused-ring (bicyclic) bond motifs is 10.